The monoisotopic (exact) mass is 329 g/mol. The van der Waals surface area contributed by atoms with Crippen LogP contribution < -0.4 is 14.8 Å². The number of unbranched alkanes of at least 4 members (excludes halogenated alkanes) is 2. The summed E-state index contributed by atoms with van der Waals surface area (Å²) in [5, 5.41) is 3.39. The van der Waals surface area contributed by atoms with E-state index in [1.165, 1.54) is 12.8 Å². The second-order valence-corrected chi connectivity index (χ2v) is 5.79. The van der Waals surface area contributed by atoms with Crippen LogP contribution in [0.3, 0.4) is 0 Å². The number of rotatable bonds is 8. The van der Waals surface area contributed by atoms with Gasteiger partial charge in [0.1, 0.15) is 17.3 Å². The Morgan fingerprint density at radius 2 is 1.79 bits per heavy atom. The van der Waals surface area contributed by atoms with Crippen molar-refractivity contribution in [3.8, 4) is 22.8 Å². The van der Waals surface area contributed by atoms with Gasteiger partial charge in [-0.25, -0.2) is 9.97 Å². The summed E-state index contributed by atoms with van der Waals surface area (Å²) < 4.78 is 10.8. The third-order valence-corrected chi connectivity index (χ3v) is 3.98. The van der Waals surface area contributed by atoms with Crippen LogP contribution in [-0.2, 0) is 0 Å². The molecule has 0 radical (unpaired) electrons. The molecule has 130 valence electrons. The van der Waals surface area contributed by atoms with Crippen LogP contribution in [0.4, 0.5) is 5.82 Å². The molecule has 0 saturated carbocycles. The molecule has 0 aliphatic heterocycles. The molecule has 0 bridgehead atoms. The van der Waals surface area contributed by atoms with Gasteiger partial charge in [-0.05, 0) is 32.4 Å². The lowest BCUT2D eigenvalue weighted by molar-refractivity contribution is 0.395. The molecule has 0 spiro atoms. The minimum Gasteiger partial charge on any atom is -0.497 e. The molecule has 0 saturated heterocycles. The van der Waals surface area contributed by atoms with Crippen molar-refractivity contribution in [2.75, 3.05) is 26.1 Å². The molecule has 1 aromatic carbocycles. The van der Waals surface area contributed by atoms with E-state index in [0.717, 1.165) is 52.9 Å². The number of anilines is 1. The molecule has 0 aliphatic rings. The van der Waals surface area contributed by atoms with Gasteiger partial charge in [0.15, 0.2) is 0 Å². The number of hydrogen-bond acceptors (Lipinski definition) is 5. The molecule has 2 aromatic rings. The van der Waals surface area contributed by atoms with Gasteiger partial charge in [0.05, 0.1) is 31.3 Å². The Labute approximate surface area is 144 Å². The van der Waals surface area contributed by atoms with Crippen molar-refractivity contribution in [3.63, 3.8) is 0 Å². The normalized spacial score (nSPS) is 10.5. The molecule has 1 N–H and O–H groups in total. The van der Waals surface area contributed by atoms with E-state index < -0.39 is 0 Å². The first kappa shape index (κ1) is 18.0. The molecular weight excluding hydrogens is 302 g/mol. The van der Waals surface area contributed by atoms with Crippen LogP contribution in [0, 0.1) is 13.8 Å². The Morgan fingerprint density at radius 3 is 2.46 bits per heavy atom. The summed E-state index contributed by atoms with van der Waals surface area (Å²) in [4.78, 5) is 9.46. The maximum atomic E-state index is 5.50. The summed E-state index contributed by atoms with van der Waals surface area (Å²) in [6.07, 6.45) is 3.58. The van der Waals surface area contributed by atoms with Crippen LogP contribution in [0.1, 0.15) is 37.6 Å². The summed E-state index contributed by atoms with van der Waals surface area (Å²) in [5.41, 5.74) is 3.53. The number of hydrogen-bond donors (Lipinski definition) is 1. The number of nitrogens with one attached hydrogen (secondary N) is 1. The van der Waals surface area contributed by atoms with E-state index in [1.54, 1.807) is 14.2 Å². The van der Waals surface area contributed by atoms with Crippen LogP contribution in [0.15, 0.2) is 18.2 Å². The van der Waals surface area contributed by atoms with Crippen LogP contribution in [0.2, 0.25) is 0 Å². The number of benzene rings is 1. The van der Waals surface area contributed by atoms with Gasteiger partial charge in [0, 0.05) is 18.2 Å². The van der Waals surface area contributed by atoms with E-state index in [9.17, 15) is 0 Å². The van der Waals surface area contributed by atoms with Gasteiger partial charge >= 0.3 is 0 Å². The second-order valence-electron chi connectivity index (χ2n) is 5.79. The summed E-state index contributed by atoms with van der Waals surface area (Å²) in [7, 11) is 3.29. The van der Waals surface area contributed by atoms with Crippen molar-refractivity contribution < 1.29 is 9.47 Å². The number of nitrogens with zero attached hydrogens (tertiary/aromatic N) is 2. The molecular formula is C19H27N3O2. The molecule has 0 aliphatic carbocycles. The fourth-order valence-electron chi connectivity index (χ4n) is 2.60. The van der Waals surface area contributed by atoms with E-state index in [2.05, 4.69) is 12.2 Å². The Morgan fingerprint density at radius 1 is 1.00 bits per heavy atom. The van der Waals surface area contributed by atoms with Gasteiger partial charge < -0.3 is 14.8 Å². The highest BCUT2D eigenvalue weighted by atomic mass is 16.5. The number of methoxy groups -OCH3 is 2. The van der Waals surface area contributed by atoms with Crippen molar-refractivity contribution in [1.82, 2.24) is 9.97 Å². The Kier molecular flexibility index (Phi) is 6.41. The summed E-state index contributed by atoms with van der Waals surface area (Å²) in [6, 6.07) is 5.73. The standard InChI is InChI=1S/C19H27N3O2/c1-6-7-8-11-20-19-14(3)21-18(13(2)22-19)16-10-9-15(23-4)12-17(16)24-5/h9-10,12H,6-8,11H2,1-5H3,(H,20,22). The first-order chi connectivity index (χ1) is 11.6. The van der Waals surface area contributed by atoms with Gasteiger partial charge in [0.2, 0.25) is 0 Å². The second kappa shape index (κ2) is 8.52. The molecule has 0 unspecified atom stereocenters. The Balaban J connectivity index is 2.30. The molecule has 5 nitrogen and oxygen atoms in total. The third-order valence-electron chi connectivity index (χ3n) is 3.98. The number of ether oxygens (including phenoxy) is 2. The maximum Gasteiger partial charge on any atom is 0.147 e. The van der Waals surface area contributed by atoms with Crippen LogP contribution in [-0.4, -0.2) is 30.7 Å². The Bertz CT molecular complexity index is 687. The zero-order valence-electron chi connectivity index (χ0n) is 15.3. The van der Waals surface area contributed by atoms with Crippen molar-refractivity contribution >= 4 is 5.82 Å². The largest absolute Gasteiger partial charge is 0.497 e. The predicted molar refractivity (Wildman–Crippen MR) is 98.1 cm³/mol. The molecule has 24 heavy (non-hydrogen) atoms. The summed E-state index contributed by atoms with van der Waals surface area (Å²) in [5.74, 6) is 2.35. The molecule has 1 heterocycles. The van der Waals surface area contributed by atoms with Gasteiger partial charge in [-0.15, -0.1) is 0 Å². The smallest absolute Gasteiger partial charge is 0.147 e. The van der Waals surface area contributed by atoms with Gasteiger partial charge in [0.25, 0.3) is 0 Å². The van der Waals surface area contributed by atoms with Crippen molar-refractivity contribution in [3.05, 3.63) is 29.6 Å². The molecule has 0 amide bonds. The maximum absolute atomic E-state index is 5.50. The molecule has 0 fully saturated rings. The molecule has 0 atom stereocenters. The molecule has 1 aromatic heterocycles. The van der Waals surface area contributed by atoms with Crippen molar-refractivity contribution in [2.24, 2.45) is 0 Å². The lowest BCUT2D eigenvalue weighted by Crippen LogP contribution is -2.08. The quantitative estimate of drug-likeness (QED) is 0.728. The number of aryl methyl sites for hydroxylation is 2. The Hall–Kier alpha value is -2.30. The van der Waals surface area contributed by atoms with Crippen molar-refractivity contribution in [1.29, 1.82) is 0 Å². The fraction of sp³-hybridized carbons (Fsp3) is 0.474. The third kappa shape index (κ3) is 4.16. The molecule has 2 rings (SSSR count). The van der Waals surface area contributed by atoms with Crippen LogP contribution >= 0.6 is 0 Å². The van der Waals surface area contributed by atoms with E-state index >= 15 is 0 Å². The summed E-state index contributed by atoms with van der Waals surface area (Å²) >= 11 is 0. The zero-order valence-corrected chi connectivity index (χ0v) is 15.3. The lowest BCUT2D eigenvalue weighted by atomic mass is 10.1. The van der Waals surface area contributed by atoms with Gasteiger partial charge in [-0.1, -0.05) is 19.8 Å². The minimum atomic E-state index is 0.731. The SMILES string of the molecule is CCCCCNc1nc(C)c(-c2ccc(OC)cc2OC)nc1C. The average Bonchev–Trinajstić information content (AvgIpc) is 2.60. The zero-order chi connectivity index (χ0) is 17.5. The van der Waals surface area contributed by atoms with E-state index in [0.29, 0.717) is 0 Å². The van der Waals surface area contributed by atoms with Crippen molar-refractivity contribution in [2.45, 2.75) is 40.0 Å². The first-order valence-corrected chi connectivity index (χ1v) is 8.42. The summed E-state index contributed by atoms with van der Waals surface area (Å²) in [6.45, 7) is 7.08. The average molecular weight is 329 g/mol. The lowest BCUT2D eigenvalue weighted by Gasteiger charge is -2.14. The van der Waals surface area contributed by atoms with Gasteiger partial charge in [-0.3, -0.25) is 0 Å². The first-order valence-electron chi connectivity index (χ1n) is 8.42. The van der Waals surface area contributed by atoms with Gasteiger partial charge in [-0.2, -0.15) is 0 Å². The minimum absolute atomic E-state index is 0.731. The predicted octanol–water partition coefficient (Wildman–Crippen LogP) is 4.38. The highest BCUT2D eigenvalue weighted by Gasteiger charge is 2.14. The highest BCUT2D eigenvalue weighted by Crippen LogP contribution is 2.34. The van der Waals surface area contributed by atoms with E-state index in [1.807, 2.05) is 32.0 Å². The highest BCUT2D eigenvalue weighted by molar-refractivity contribution is 5.71. The van der Waals surface area contributed by atoms with Crippen LogP contribution in [0.5, 0.6) is 11.5 Å². The van der Waals surface area contributed by atoms with Crippen LogP contribution in [0.25, 0.3) is 11.3 Å². The van der Waals surface area contributed by atoms with E-state index in [-0.39, 0.29) is 0 Å². The molecule has 5 heteroatoms. The number of aromatic nitrogens is 2. The fourth-order valence-corrected chi connectivity index (χ4v) is 2.60. The topological polar surface area (TPSA) is 56.3 Å². The van der Waals surface area contributed by atoms with E-state index in [4.69, 9.17) is 19.4 Å².